The molecule has 1 aliphatic rings. The van der Waals surface area contributed by atoms with E-state index in [2.05, 4.69) is 54.3 Å². The number of β-amino-alcohol motifs (C(OH)–C–C–N with tert-alkyl or cyclic N) is 1. The maximum atomic E-state index is 12.4. The summed E-state index contributed by atoms with van der Waals surface area (Å²) in [7, 11) is 0. The molecule has 8 nitrogen and oxygen atoms in total. The minimum Gasteiger partial charge on any atom is -0.391 e. The fourth-order valence-electron chi connectivity index (χ4n) is 4.19. The summed E-state index contributed by atoms with van der Waals surface area (Å²) in [5.41, 5.74) is 11.4. The molecule has 1 aliphatic heterocycles. The van der Waals surface area contributed by atoms with Crippen molar-refractivity contribution in [1.29, 1.82) is 0 Å². The smallest absolute Gasteiger partial charge is 0.243 e. The summed E-state index contributed by atoms with van der Waals surface area (Å²) in [6.07, 6.45) is 1.84. The van der Waals surface area contributed by atoms with E-state index in [-0.39, 0.29) is 32.8 Å². The number of aromatic nitrogens is 2. The number of amides is 2. The Bertz CT molecular complexity index is 1340. The van der Waals surface area contributed by atoms with E-state index in [0.29, 0.717) is 6.54 Å². The number of carbonyl (C=O) groups excluding carboxylic acids is 2. The number of benzene rings is 2. The Morgan fingerprint density at radius 3 is 2.25 bits per heavy atom. The van der Waals surface area contributed by atoms with Gasteiger partial charge in [0, 0.05) is 20.9 Å². The number of fused-ring (bicyclic) bond motifs is 1. The van der Waals surface area contributed by atoms with Gasteiger partial charge in [-0.3, -0.25) is 9.59 Å². The standard InChI is InChI=1S/C18H22N4O3S.C9H9NS.C3H8.2C2H6.H2/c1-11-17(26-10-21-11)13-4-2-12(3-5-13)8-20-18(25)15-6-14(23)9-22(15)16(24)7-19;1-2-9-10-7-5-3-4-6-8(7)11-9;1-3-2;2*1-2;/h2-5,10,14-15,23H,6-9,19H2,1H3,(H,20,25);3-6H,2H2,1H3;3H2,1-2H3;2*1-2H3;1H/t14-,15+;;;;;/m1...../s1/i;;;;;1+2. The SMILES string of the molecule is CC.CC.CCC.CCc1nc2ccccc2s1.Cc1ncsc1-c1ccc(CNC(=O)[C@@H]2C[C@@H](O)CN2C(=O)CN)cc1.[3HH]. The van der Waals surface area contributed by atoms with E-state index in [9.17, 15) is 14.7 Å². The number of rotatable bonds is 6. The lowest BCUT2D eigenvalue weighted by Gasteiger charge is -2.23. The Kier molecular flexibility index (Phi) is 19.0. The number of nitrogens with two attached hydrogens (primary N) is 1. The predicted molar refractivity (Wildman–Crippen MR) is 189 cm³/mol. The van der Waals surface area contributed by atoms with Crippen LogP contribution in [-0.4, -0.2) is 57.0 Å². The van der Waals surface area contributed by atoms with Gasteiger partial charge in [-0.15, -0.1) is 22.7 Å². The van der Waals surface area contributed by atoms with Gasteiger partial charge in [-0.05, 0) is 36.6 Å². The summed E-state index contributed by atoms with van der Waals surface area (Å²) >= 11 is 3.38. The molecule has 3 heterocycles. The van der Waals surface area contributed by atoms with Gasteiger partial charge in [0.05, 0.1) is 44.0 Å². The number of hydrogen-bond acceptors (Lipinski definition) is 8. The Morgan fingerprint density at radius 2 is 1.70 bits per heavy atom. The molecule has 10 heteroatoms. The van der Waals surface area contributed by atoms with Crippen LogP contribution in [0.3, 0.4) is 0 Å². The highest BCUT2D eigenvalue weighted by molar-refractivity contribution is 7.18. The molecule has 2 aromatic heterocycles. The molecule has 1 saturated heterocycles. The summed E-state index contributed by atoms with van der Waals surface area (Å²) in [4.78, 5) is 35.5. The van der Waals surface area contributed by atoms with Gasteiger partial charge < -0.3 is 21.1 Å². The number of aliphatic hydroxyl groups is 1. The summed E-state index contributed by atoms with van der Waals surface area (Å²) in [6, 6.07) is 15.5. The Labute approximate surface area is 273 Å². The van der Waals surface area contributed by atoms with Crippen molar-refractivity contribution in [3.05, 3.63) is 70.3 Å². The zero-order valence-corrected chi connectivity index (χ0v) is 29.2. The third-order valence-corrected chi connectivity index (χ3v) is 8.30. The van der Waals surface area contributed by atoms with Gasteiger partial charge in [0.1, 0.15) is 6.04 Å². The maximum Gasteiger partial charge on any atom is 0.243 e. The normalized spacial score (nSPS) is 14.9. The van der Waals surface area contributed by atoms with E-state index in [1.807, 2.05) is 70.5 Å². The highest BCUT2D eigenvalue weighted by Gasteiger charge is 2.38. The maximum absolute atomic E-state index is 12.4. The average Bonchev–Trinajstić information content (AvgIpc) is 3.80. The molecule has 244 valence electrons. The molecular formula is C34H53N5O3S2. The molecule has 1 fully saturated rings. The van der Waals surface area contributed by atoms with Gasteiger partial charge in [0.2, 0.25) is 11.8 Å². The molecule has 4 N–H and O–H groups in total. The summed E-state index contributed by atoms with van der Waals surface area (Å²) < 4.78 is 1.30. The van der Waals surface area contributed by atoms with Gasteiger partial charge in [0.25, 0.3) is 0 Å². The number of likely N-dealkylation sites (tertiary alicyclic amines) is 1. The van der Waals surface area contributed by atoms with Crippen LogP contribution in [0, 0.1) is 6.92 Å². The average molecular weight is 646 g/mol. The van der Waals surface area contributed by atoms with Crippen molar-refractivity contribution >= 4 is 44.7 Å². The van der Waals surface area contributed by atoms with Crippen LogP contribution in [0.4, 0.5) is 0 Å². The largest absolute Gasteiger partial charge is 0.391 e. The van der Waals surface area contributed by atoms with E-state index >= 15 is 0 Å². The number of aliphatic hydroxyl groups excluding tert-OH is 1. The first-order chi connectivity index (χ1) is 21.3. The third-order valence-electron chi connectivity index (χ3n) is 6.15. The molecule has 0 aliphatic carbocycles. The lowest BCUT2D eigenvalue weighted by molar-refractivity contribution is -0.137. The monoisotopic (exact) mass is 645 g/mol. The van der Waals surface area contributed by atoms with E-state index in [0.717, 1.165) is 33.6 Å². The van der Waals surface area contributed by atoms with E-state index in [1.54, 1.807) is 22.7 Å². The molecular weight excluding hydrogens is 591 g/mol. The summed E-state index contributed by atoms with van der Waals surface area (Å²) in [5.74, 6) is -0.600. The number of carbonyl (C=O) groups is 2. The summed E-state index contributed by atoms with van der Waals surface area (Å²) in [5, 5.41) is 13.8. The zero-order chi connectivity index (χ0) is 33.1. The molecule has 0 spiro atoms. The lowest BCUT2D eigenvalue weighted by Crippen LogP contribution is -2.47. The number of para-hydroxylation sites is 1. The topological polar surface area (TPSA) is 121 Å². The van der Waals surface area contributed by atoms with Crippen LogP contribution in [0.25, 0.3) is 20.7 Å². The molecule has 2 amide bonds. The Morgan fingerprint density at radius 1 is 1.07 bits per heavy atom. The van der Waals surface area contributed by atoms with Crippen LogP contribution >= 0.6 is 22.7 Å². The second-order valence-electron chi connectivity index (χ2n) is 9.47. The molecule has 0 saturated carbocycles. The molecule has 0 radical (unpaired) electrons. The van der Waals surface area contributed by atoms with Crippen LogP contribution in [0.5, 0.6) is 0 Å². The molecule has 2 atom stereocenters. The zero-order valence-electron chi connectivity index (χ0n) is 27.6. The minimum absolute atomic E-state index is 0. The van der Waals surface area contributed by atoms with Crippen LogP contribution in [0.1, 0.15) is 79.0 Å². The molecule has 44 heavy (non-hydrogen) atoms. The van der Waals surface area contributed by atoms with Crippen LogP contribution in [0.2, 0.25) is 0 Å². The van der Waals surface area contributed by atoms with Gasteiger partial charge in [0.15, 0.2) is 0 Å². The fourth-order valence-corrected chi connectivity index (χ4v) is 5.91. The molecule has 4 aromatic rings. The first-order valence-electron chi connectivity index (χ1n) is 15.6. The van der Waals surface area contributed by atoms with E-state index in [4.69, 9.17) is 5.73 Å². The lowest BCUT2D eigenvalue weighted by atomic mass is 10.1. The van der Waals surface area contributed by atoms with E-state index < -0.39 is 12.1 Å². The van der Waals surface area contributed by atoms with Gasteiger partial charge in [-0.2, -0.15) is 0 Å². The molecule has 0 bridgehead atoms. The number of nitrogens with one attached hydrogen (secondary N) is 1. The van der Waals surface area contributed by atoms with Crippen molar-refractivity contribution in [2.75, 3.05) is 13.1 Å². The van der Waals surface area contributed by atoms with Crippen molar-refractivity contribution in [2.45, 2.75) is 93.3 Å². The minimum atomic E-state index is -0.692. The Hall–Kier alpha value is -3.18. The van der Waals surface area contributed by atoms with Gasteiger partial charge in [-0.25, -0.2) is 9.97 Å². The van der Waals surface area contributed by atoms with Crippen LogP contribution < -0.4 is 11.1 Å². The number of hydrogen-bond donors (Lipinski definition) is 3. The van der Waals surface area contributed by atoms with Crippen molar-refractivity contribution < 1.29 is 16.1 Å². The molecule has 0 unspecified atom stereocenters. The fraction of sp³-hybridized carbons (Fsp3) is 0.471. The number of aryl methyl sites for hydroxylation is 2. The first kappa shape index (κ1) is 38.8. The second kappa shape index (κ2) is 21.5. The quantitative estimate of drug-likeness (QED) is 0.203. The van der Waals surface area contributed by atoms with Crippen molar-refractivity contribution in [3.8, 4) is 10.4 Å². The first-order valence-corrected chi connectivity index (χ1v) is 17.3. The number of thiazole rings is 2. The van der Waals surface area contributed by atoms with Gasteiger partial charge >= 0.3 is 0 Å². The molecule has 2 aromatic carbocycles. The van der Waals surface area contributed by atoms with Gasteiger partial charge in [-0.1, -0.05) is 91.3 Å². The summed E-state index contributed by atoms with van der Waals surface area (Å²) in [6.45, 7) is 16.7. The highest BCUT2D eigenvalue weighted by atomic mass is 32.1. The van der Waals surface area contributed by atoms with Crippen LogP contribution in [0.15, 0.2) is 54.0 Å². The highest BCUT2D eigenvalue weighted by Crippen LogP contribution is 2.27. The third kappa shape index (κ3) is 11.7. The van der Waals surface area contributed by atoms with Crippen molar-refractivity contribution in [1.82, 2.24) is 20.2 Å². The molecule has 5 rings (SSSR count). The predicted octanol–water partition coefficient (Wildman–Crippen LogP) is 7.23. The second-order valence-corrected chi connectivity index (χ2v) is 11.4. The van der Waals surface area contributed by atoms with E-state index in [1.165, 1.54) is 21.0 Å². The van der Waals surface area contributed by atoms with Crippen molar-refractivity contribution in [2.24, 2.45) is 5.73 Å². The van der Waals surface area contributed by atoms with Crippen LogP contribution in [-0.2, 0) is 22.6 Å². The number of nitrogens with zero attached hydrogens (tertiary/aromatic N) is 3. The van der Waals surface area contributed by atoms with Crippen molar-refractivity contribution in [3.63, 3.8) is 0 Å². The Balaban J connectivity index is 0.000000845.